The zero-order valence-electron chi connectivity index (χ0n) is 22.9. The predicted octanol–water partition coefficient (Wildman–Crippen LogP) is 6.26. The fourth-order valence-electron chi connectivity index (χ4n) is 5.00. The van der Waals surface area contributed by atoms with E-state index in [1.54, 1.807) is 19.1 Å². The van der Waals surface area contributed by atoms with Crippen LogP contribution >= 0.6 is 22.9 Å². The monoisotopic (exact) mass is 614 g/mol. The first-order valence-corrected chi connectivity index (χ1v) is 15.0. The number of halogens is 3. The van der Waals surface area contributed by atoms with Crippen molar-refractivity contribution in [2.45, 2.75) is 45.6 Å². The van der Waals surface area contributed by atoms with E-state index >= 15 is 0 Å². The molecule has 2 aliphatic heterocycles. The van der Waals surface area contributed by atoms with Crippen LogP contribution in [0.1, 0.15) is 46.5 Å². The SMILES string of the molecule is CCOC(=O)c1cc2c(nc(CN3CC=C(c4ccc(F)c(OCc5ccc(Cl)cc5F)n4)CC3)n2C[C@@H]2CCO2)s1. The molecule has 4 aromatic rings. The standard InChI is InChI=1S/C30H29ClF2N4O4S/c1-2-39-30(38)26-14-25-29(42-26)35-27(37(25)15-21-9-12-40-21)16-36-10-7-18(8-11-36)24-6-5-22(32)28(34-24)41-17-19-3-4-20(31)13-23(19)33/h3-7,13-14,21H,2,8-12,15-17H2,1H3/t21-/m0/s1. The smallest absolute Gasteiger partial charge is 0.348 e. The minimum Gasteiger partial charge on any atom is -0.471 e. The van der Waals surface area contributed by atoms with Crippen LogP contribution in [0.5, 0.6) is 5.88 Å². The van der Waals surface area contributed by atoms with E-state index in [2.05, 4.69) is 20.5 Å². The van der Waals surface area contributed by atoms with Gasteiger partial charge in [0, 0.05) is 30.3 Å². The molecule has 0 radical (unpaired) electrons. The molecule has 0 spiro atoms. The van der Waals surface area contributed by atoms with Gasteiger partial charge in [-0.15, -0.1) is 11.3 Å². The molecule has 1 saturated heterocycles. The largest absolute Gasteiger partial charge is 0.471 e. The van der Waals surface area contributed by atoms with Gasteiger partial charge in [-0.05, 0) is 55.7 Å². The predicted molar refractivity (Wildman–Crippen MR) is 156 cm³/mol. The van der Waals surface area contributed by atoms with E-state index in [-0.39, 0.29) is 35.1 Å². The summed E-state index contributed by atoms with van der Waals surface area (Å²) in [5, 5.41) is 0.278. The number of rotatable bonds is 10. The van der Waals surface area contributed by atoms with Crippen molar-refractivity contribution in [2.24, 2.45) is 0 Å². The average Bonchev–Trinajstić information content (AvgIpc) is 3.50. The quantitative estimate of drug-likeness (QED) is 0.195. The molecule has 220 valence electrons. The second-order valence-corrected chi connectivity index (χ2v) is 11.6. The van der Waals surface area contributed by atoms with Crippen LogP contribution in [-0.4, -0.2) is 57.8 Å². The van der Waals surface area contributed by atoms with E-state index < -0.39 is 11.6 Å². The van der Waals surface area contributed by atoms with Crippen molar-refractivity contribution in [1.82, 2.24) is 19.4 Å². The number of hydrogen-bond donors (Lipinski definition) is 0. The van der Waals surface area contributed by atoms with Gasteiger partial charge in [0.15, 0.2) is 5.82 Å². The lowest BCUT2D eigenvalue weighted by atomic mass is 10.0. The Morgan fingerprint density at radius 2 is 2.05 bits per heavy atom. The van der Waals surface area contributed by atoms with Crippen molar-refractivity contribution in [3.05, 3.63) is 81.1 Å². The molecular weight excluding hydrogens is 586 g/mol. The Bertz CT molecular complexity index is 1650. The van der Waals surface area contributed by atoms with Crippen molar-refractivity contribution in [3.8, 4) is 5.88 Å². The fourth-order valence-corrected chi connectivity index (χ4v) is 6.10. The molecule has 12 heteroatoms. The number of esters is 1. The van der Waals surface area contributed by atoms with Gasteiger partial charge in [-0.2, -0.15) is 0 Å². The van der Waals surface area contributed by atoms with Crippen LogP contribution < -0.4 is 4.74 Å². The van der Waals surface area contributed by atoms with E-state index in [1.165, 1.54) is 29.5 Å². The first kappa shape index (κ1) is 28.7. The number of fused-ring (bicyclic) bond motifs is 1. The highest BCUT2D eigenvalue weighted by atomic mass is 35.5. The Balaban J connectivity index is 1.15. The highest BCUT2D eigenvalue weighted by Gasteiger charge is 2.26. The summed E-state index contributed by atoms with van der Waals surface area (Å²) in [6.07, 6.45) is 3.92. The molecule has 0 aliphatic carbocycles. The van der Waals surface area contributed by atoms with Gasteiger partial charge in [0.05, 0.1) is 37.0 Å². The molecule has 1 atom stereocenters. The maximum absolute atomic E-state index is 14.5. The number of aromatic nitrogens is 3. The van der Waals surface area contributed by atoms with Gasteiger partial charge in [0.25, 0.3) is 5.88 Å². The molecule has 5 heterocycles. The fraction of sp³-hybridized carbons (Fsp3) is 0.367. The third-order valence-electron chi connectivity index (χ3n) is 7.36. The zero-order valence-corrected chi connectivity index (χ0v) is 24.5. The van der Waals surface area contributed by atoms with Gasteiger partial charge in [-0.25, -0.2) is 23.5 Å². The number of benzene rings is 1. The molecule has 0 saturated carbocycles. The number of carbonyl (C=O) groups excluding carboxylic acids is 1. The Kier molecular flexibility index (Phi) is 8.53. The first-order valence-electron chi connectivity index (χ1n) is 13.8. The molecule has 1 aromatic carbocycles. The normalized spacial score (nSPS) is 17.2. The van der Waals surface area contributed by atoms with Crippen molar-refractivity contribution in [1.29, 1.82) is 0 Å². The van der Waals surface area contributed by atoms with Crippen molar-refractivity contribution >= 4 is 44.8 Å². The number of ether oxygens (including phenoxy) is 3. The summed E-state index contributed by atoms with van der Waals surface area (Å²) in [5.41, 5.74) is 2.79. The summed E-state index contributed by atoms with van der Waals surface area (Å²) in [7, 11) is 0. The maximum Gasteiger partial charge on any atom is 0.348 e. The number of nitrogens with zero attached hydrogens (tertiary/aromatic N) is 4. The molecular formula is C30H29ClF2N4O4S. The summed E-state index contributed by atoms with van der Waals surface area (Å²) in [6.45, 7) is 5.44. The lowest BCUT2D eigenvalue weighted by Crippen LogP contribution is -2.33. The molecule has 6 rings (SSSR count). The Hall–Kier alpha value is -3.38. The Morgan fingerprint density at radius 3 is 2.76 bits per heavy atom. The van der Waals surface area contributed by atoms with Gasteiger partial charge in [-0.1, -0.05) is 23.7 Å². The molecule has 8 nitrogen and oxygen atoms in total. The van der Waals surface area contributed by atoms with E-state index in [4.69, 9.17) is 30.8 Å². The Morgan fingerprint density at radius 1 is 1.19 bits per heavy atom. The van der Waals surface area contributed by atoms with Crippen molar-refractivity contribution in [3.63, 3.8) is 0 Å². The summed E-state index contributed by atoms with van der Waals surface area (Å²) in [5.74, 6) is -0.715. The molecule has 0 bridgehead atoms. The van der Waals surface area contributed by atoms with Gasteiger partial charge in [0.1, 0.15) is 28.0 Å². The van der Waals surface area contributed by atoms with Crippen LogP contribution in [0, 0.1) is 11.6 Å². The number of imidazole rings is 1. The van der Waals surface area contributed by atoms with Crippen LogP contribution in [-0.2, 0) is 29.2 Å². The second kappa shape index (κ2) is 12.5. The Labute approximate surface area is 250 Å². The van der Waals surface area contributed by atoms with E-state index in [0.717, 1.165) is 41.3 Å². The second-order valence-electron chi connectivity index (χ2n) is 10.2. The van der Waals surface area contributed by atoms with Gasteiger partial charge in [0.2, 0.25) is 0 Å². The lowest BCUT2D eigenvalue weighted by molar-refractivity contribution is -0.0591. The molecule has 0 N–H and O–H groups in total. The minimum absolute atomic E-state index is 0.136. The van der Waals surface area contributed by atoms with Gasteiger partial charge in [-0.3, -0.25) is 4.90 Å². The number of hydrogen-bond acceptors (Lipinski definition) is 8. The van der Waals surface area contributed by atoms with E-state index in [0.29, 0.717) is 43.2 Å². The number of pyridine rings is 1. The summed E-state index contributed by atoms with van der Waals surface area (Å²) in [4.78, 5) is 25.2. The molecule has 0 unspecified atom stereocenters. The first-order chi connectivity index (χ1) is 20.4. The minimum atomic E-state index is -0.612. The average molecular weight is 615 g/mol. The van der Waals surface area contributed by atoms with Crippen molar-refractivity contribution in [2.75, 3.05) is 26.3 Å². The summed E-state index contributed by atoms with van der Waals surface area (Å²) >= 11 is 7.15. The highest BCUT2D eigenvalue weighted by molar-refractivity contribution is 7.20. The van der Waals surface area contributed by atoms with Crippen LogP contribution in [0.3, 0.4) is 0 Å². The summed E-state index contributed by atoms with van der Waals surface area (Å²) < 4.78 is 47.2. The summed E-state index contributed by atoms with van der Waals surface area (Å²) in [6, 6.07) is 9.07. The van der Waals surface area contributed by atoms with Gasteiger partial charge >= 0.3 is 5.97 Å². The van der Waals surface area contributed by atoms with E-state index in [1.807, 2.05) is 6.07 Å². The van der Waals surface area contributed by atoms with Crippen LogP contribution in [0.4, 0.5) is 8.78 Å². The zero-order chi connectivity index (χ0) is 29.2. The molecule has 3 aromatic heterocycles. The maximum atomic E-state index is 14.5. The molecule has 42 heavy (non-hydrogen) atoms. The van der Waals surface area contributed by atoms with E-state index in [9.17, 15) is 13.6 Å². The number of carbonyl (C=O) groups is 1. The van der Waals surface area contributed by atoms with Gasteiger partial charge < -0.3 is 18.8 Å². The van der Waals surface area contributed by atoms with Crippen LogP contribution in [0.25, 0.3) is 15.9 Å². The molecule has 2 aliphatic rings. The van der Waals surface area contributed by atoms with Crippen molar-refractivity contribution < 1.29 is 27.8 Å². The van der Waals surface area contributed by atoms with Crippen LogP contribution in [0.2, 0.25) is 5.02 Å². The lowest BCUT2D eigenvalue weighted by Gasteiger charge is -2.29. The highest BCUT2D eigenvalue weighted by Crippen LogP contribution is 2.31. The third-order valence-corrected chi connectivity index (χ3v) is 8.60. The topological polar surface area (TPSA) is 78.7 Å². The van der Waals surface area contributed by atoms with Crippen LogP contribution in [0.15, 0.2) is 42.5 Å². The third kappa shape index (κ3) is 6.19. The molecule has 0 amide bonds. The molecule has 1 fully saturated rings. The number of thiophene rings is 1.